The number of ketones is 1. The standard InChI is InChI=1S/C19H19ClN2O5S/c1-12-3-2-8-21(10-12)14-5-4-13(9-15(14)22(25)26)19(24)27-11-16(23)17-6-7-18(20)28-17/h4-7,9,12H,2-3,8,10-11H2,1H3/t12-/m1/s1. The van der Waals surface area contributed by atoms with Crippen LogP contribution in [0.15, 0.2) is 30.3 Å². The van der Waals surface area contributed by atoms with E-state index in [0.717, 1.165) is 37.3 Å². The molecule has 0 saturated carbocycles. The lowest BCUT2D eigenvalue weighted by Crippen LogP contribution is -2.34. The summed E-state index contributed by atoms with van der Waals surface area (Å²) in [5.41, 5.74) is 0.398. The van der Waals surface area contributed by atoms with Gasteiger partial charge in [0.05, 0.1) is 19.7 Å². The van der Waals surface area contributed by atoms with E-state index in [-0.39, 0.29) is 17.0 Å². The first-order chi connectivity index (χ1) is 13.3. The van der Waals surface area contributed by atoms with Gasteiger partial charge in [0.15, 0.2) is 6.61 Å². The maximum atomic E-state index is 12.3. The number of nitro groups is 1. The van der Waals surface area contributed by atoms with Gasteiger partial charge in [0.2, 0.25) is 5.78 Å². The first-order valence-corrected chi connectivity index (χ1v) is 10.0. The van der Waals surface area contributed by atoms with Crippen LogP contribution in [0.5, 0.6) is 0 Å². The smallest absolute Gasteiger partial charge is 0.338 e. The third kappa shape index (κ3) is 4.69. The Hall–Kier alpha value is -2.45. The molecule has 0 aliphatic carbocycles. The Morgan fingerprint density at radius 1 is 1.36 bits per heavy atom. The van der Waals surface area contributed by atoms with Gasteiger partial charge in [-0.2, -0.15) is 0 Å². The molecule has 0 unspecified atom stereocenters. The molecule has 2 heterocycles. The van der Waals surface area contributed by atoms with E-state index in [0.29, 0.717) is 20.8 Å². The Bertz CT molecular complexity index is 913. The zero-order valence-corrected chi connectivity index (χ0v) is 16.8. The lowest BCUT2D eigenvalue weighted by molar-refractivity contribution is -0.384. The number of benzene rings is 1. The molecule has 0 N–H and O–H groups in total. The van der Waals surface area contributed by atoms with E-state index in [2.05, 4.69) is 6.92 Å². The minimum absolute atomic E-state index is 0.0394. The number of piperidine rings is 1. The van der Waals surface area contributed by atoms with Crippen molar-refractivity contribution in [1.82, 2.24) is 0 Å². The third-order valence-corrected chi connectivity index (χ3v) is 5.86. The highest BCUT2D eigenvalue weighted by molar-refractivity contribution is 7.18. The molecule has 1 aliphatic rings. The summed E-state index contributed by atoms with van der Waals surface area (Å²) in [4.78, 5) is 37.7. The number of rotatable bonds is 6. The highest BCUT2D eigenvalue weighted by atomic mass is 35.5. The van der Waals surface area contributed by atoms with Gasteiger partial charge in [-0.1, -0.05) is 18.5 Å². The van der Waals surface area contributed by atoms with Crippen molar-refractivity contribution in [1.29, 1.82) is 0 Å². The molecule has 148 valence electrons. The lowest BCUT2D eigenvalue weighted by Gasteiger charge is -2.32. The Morgan fingerprint density at radius 2 is 2.14 bits per heavy atom. The molecule has 1 atom stereocenters. The highest BCUT2D eigenvalue weighted by Gasteiger charge is 2.25. The molecule has 2 aromatic rings. The molecule has 1 saturated heterocycles. The van der Waals surface area contributed by atoms with Gasteiger partial charge in [-0.05, 0) is 43.0 Å². The summed E-state index contributed by atoms with van der Waals surface area (Å²) in [6, 6.07) is 7.43. The van der Waals surface area contributed by atoms with Gasteiger partial charge >= 0.3 is 5.97 Å². The van der Waals surface area contributed by atoms with E-state index in [1.807, 2.05) is 4.90 Å². The molecule has 0 bridgehead atoms. The van der Waals surface area contributed by atoms with Crippen LogP contribution in [0.2, 0.25) is 4.34 Å². The number of carbonyl (C=O) groups is 2. The minimum Gasteiger partial charge on any atom is -0.454 e. The van der Waals surface area contributed by atoms with Crippen LogP contribution in [-0.4, -0.2) is 36.4 Å². The Balaban J connectivity index is 1.73. The average molecular weight is 423 g/mol. The average Bonchev–Trinajstić information content (AvgIpc) is 3.11. The number of nitrogens with zero attached hydrogens (tertiary/aromatic N) is 2. The van der Waals surface area contributed by atoms with Gasteiger partial charge in [-0.15, -0.1) is 11.3 Å². The van der Waals surface area contributed by atoms with Gasteiger partial charge in [-0.3, -0.25) is 14.9 Å². The molecule has 0 amide bonds. The molecule has 0 spiro atoms. The van der Waals surface area contributed by atoms with Crippen LogP contribution >= 0.6 is 22.9 Å². The van der Waals surface area contributed by atoms with Crippen LogP contribution in [0, 0.1) is 16.0 Å². The van der Waals surface area contributed by atoms with Crippen molar-refractivity contribution < 1.29 is 19.2 Å². The normalized spacial score (nSPS) is 16.6. The summed E-state index contributed by atoms with van der Waals surface area (Å²) in [6.07, 6.45) is 2.06. The van der Waals surface area contributed by atoms with E-state index >= 15 is 0 Å². The zero-order valence-electron chi connectivity index (χ0n) is 15.2. The summed E-state index contributed by atoms with van der Waals surface area (Å²) in [7, 11) is 0. The van der Waals surface area contributed by atoms with Crippen molar-refractivity contribution >= 4 is 46.1 Å². The Morgan fingerprint density at radius 3 is 2.79 bits per heavy atom. The Kier molecular flexibility index (Phi) is 6.31. The first-order valence-electron chi connectivity index (χ1n) is 8.84. The predicted octanol–water partition coefficient (Wildman–Crippen LogP) is 4.59. The number of nitro benzene ring substituents is 1. The van der Waals surface area contributed by atoms with Crippen LogP contribution < -0.4 is 4.90 Å². The number of thiophene rings is 1. The molecule has 7 nitrogen and oxygen atoms in total. The van der Waals surface area contributed by atoms with Crippen molar-refractivity contribution in [2.75, 3.05) is 24.6 Å². The van der Waals surface area contributed by atoms with Crippen LogP contribution in [0.25, 0.3) is 0 Å². The lowest BCUT2D eigenvalue weighted by atomic mass is 9.99. The fourth-order valence-corrected chi connectivity index (χ4v) is 4.19. The van der Waals surface area contributed by atoms with Gasteiger partial charge in [0.1, 0.15) is 5.69 Å². The first kappa shape index (κ1) is 20.3. The molecular weight excluding hydrogens is 404 g/mol. The van der Waals surface area contributed by atoms with Gasteiger partial charge < -0.3 is 9.64 Å². The number of ether oxygens (including phenoxy) is 1. The summed E-state index contributed by atoms with van der Waals surface area (Å²) in [5.74, 6) is -0.703. The Labute approximate surface area is 171 Å². The van der Waals surface area contributed by atoms with Crippen molar-refractivity contribution in [2.24, 2.45) is 5.92 Å². The highest BCUT2D eigenvalue weighted by Crippen LogP contribution is 2.32. The zero-order chi connectivity index (χ0) is 20.3. The summed E-state index contributed by atoms with van der Waals surface area (Å²) in [6.45, 7) is 3.14. The second kappa shape index (κ2) is 8.70. The van der Waals surface area contributed by atoms with Crippen molar-refractivity contribution in [3.63, 3.8) is 0 Å². The number of hydrogen-bond donors (Lipinski definition) is 0. The SMILES string of the molecule is C[C@@H]1CCCN(c2ccc(C(=O)OCC(=O)c3ccc(Cl)s3)cc2[N+](=O)[O-])C1. The molecule has 1 fully saturated rings. The van der Waals surface area contributed by atoms with Crippen LogP contribution in [0.1, 0.15) is 39.8 Å². The molecule has 1 aromatic carbocycles. The number of halogens is 1. The van der Waals surface area contributed by atoms with E-state index in [1.54, 1.807) is 18.2 Å². The third-order valence-electron chi connectivity index (χ3n) is 4.59. The van der Waals surface area contributed by atoms with E-state index in [1.165, 1.54) is 12.1 Å². The topological polar surface area (TPSA) is 89.8 Å². The van der Waals surface area contributed by atoms with Crippen LogP contribution in [0.4, 0.5) is 11.4 Å². The monoisotopic (exact) mass is 422 g/mol. The van der Waals surface area contributed by atoms with Crippen LogP contribution in [0.3, 0.4) is 0 Å². The fraction of sp³-hybridized carbons (Fsp3) is 0.368. The van der Waals surface area contributed by atoms with Crippen LogP contribution in [-0.2, 0) is 4.74 Å². The second-order valence-corrected chi connectivity index (χ2v) is 8.47. The maximum absolute atomic E-state index is 12.3. The molecule has 3 rings (SSSR count). The molecular formula is C19H19ClN2O5S. The van der Waals surface area contributed by atoms with Crippen molar-refractivity contribution in [3.8, 4) is 0 Å². The number of esters is 1. The quantitative estimate of drug-likeness (QED) is 0.293. The van der Waals surface area contributed by atoms with E-state index in [9.17, 15) is 19.7 Å². The maximum Gasteiger partial charge on any atom is 0.338 e. The number of anilines is 1. The minimum atomic E-state index is -0.780. The summed E-state index contributed by atoms with van der Waals surface area (Å²) >= 11 is 6.89. The van der Waals surface area contributed by atoms with E-state index < -0.39 is 17.5 Å². The summed E-state index contributed by atoms with van der Waals surface area (Å²) < 4.78 is 5.50. The largest absolute Gasteiger partial charge is 0.454 e. The van der Waals surface area contributed by atoms with E-state index in [4.69, 9.17) is 16.3 Å². The van der Waals surface area contributed by atoms with Gasteiger partial charge in [0, 0.05) is 19.2 Å². The fourth-order valence-electron chi connectivity index (χ4n) is 3.22. The molecule has 1 aromatic heterocycles. The molecule has 0 radical (unpaired) electrons. The van der Waals surface area contributed by atoms with Gasteiger partial charge in [-0.25, -0.2) is 4.79 Å². The summed E-state index contributed by atoms with van der Waals surface area (Å²) in [5, 5.41) is 11.5. The predicted molar refractivity (Wildman–Crippen MR) is 108 cm³/mol. The number of carbonyl (C=O) groups excluding carboxylic acids is 2. The molecule has 28 heavy (non-hydrogen) atoms. The molecule has 9 heteroatoms. The number of Topliss-reactive ketones (excluding diaryl/α,β-unsaturated/α-hetero) is 1. The number of hydrogen-bond acceptors (Lipinski definition) is 7. The second-order valence-electron chi connectivity index (χ2n) is 6.76. The molecule has 1 aliphatic heterocycles. The van der Waals surface area contributed by atoms with Gasteiger partial charge in [0.25, 0.3) is 5.69 Å². The van der Waals surface area contributed by atoms with Crippen molar-refractivity contribution in [2.45, 2.75) is 19.8 Å². The van der Waals surface area contributed by atoms with Crippen molar-refractivity contribution in [3.05, 3.63) is 55.2 Å².